The lowest BCUT2D eigenvalue weighted by atomic mass is 10.0. The van der Waals surface area contributed by atoms with Crippen molar-refractivity contribution in [2.75, 3.05) is 12.4 Å². The molecule has 1 aromatic carbocycles. The van der Waals surface area contributed by atoms with E-state index < -0.39 is 12.0 Å². The Hall–Kier alpha value is -3.04. The van der Waals surface area contributed by atoms with Crippen molar-refractivity contribution in [3.8, 4) is 5.69 Å². The van der Waals surface area contributed by atoms with Crippen molar-refractivity contribution >= 4 is 35.1 Å². The van der Waals surface area contributed by atoms with Gasteiger partial charge in [-0.15, -0.1) is 11.3 Å². The van der Waals surface area contributed by atoms with Gasteiger partial charge < -0.3 is 15.4 Å². The number of thioether (sulfide) groups is 1. The van der Waals surface area contributed by atoms with E-state index in [2.05, 4.69) is 15.6 Å². The number of nitrogens with one attached hydrogen (secondary N) is 2. The Balaban J connectivity index is 1.66. The second-order valence-electron chi connectivity index (χ2n) is 6.81. The van der Waals surface area contributed by atoms with Gasteiger partial charge in [0.1, 0.15) is 0 Å². The van der Waals surface area contributed by atoms with Crippen LogP contribution in [-0.4, -0.2) is 33.9 Å². The number of aryl methyl sites for hydroxylation is 1. The van der Waals surface area contributed by atoms with Crippen LogP contribution in [0.3, 0.4) is 0 Å². The van der Waals surface area contributed by atoms with Gasteiger partial charge in [0.2, 0.25) is 0 Å². The van der Waals surface area contributed by atoms with Crippen LogP contribution in [0.2, 0.25) is 0 Å². The molecule has 0 bridgehead atoms. The van der Waals surface area contributed by atoms with E-state index >= 15 is 0 Å². The Bertz CT molecular complexity index is 1120. The first-order valence-electron chi connectivity index (χ1n) is 9.81. The molecule has 3 heterocycles. The summed E-state index contributed by atoms with van der Waals surface area (Å²) >= 11 is 2.93. The van der Waals surface area contributed by atoms with Crippen LogP contribution in [0.25, 0.3) is 5.69 Å². The predicted octanol–water partition coefficient (Wildman–Crippen LogP) is 4.21. The van der Waals surface area contributed by atoms with E-state index in [0.717, 1.165) is 21.3 Å². The summed E-state index contributed by atoms with van der Waals surface area (Å²) in [5, 5.41) is 8.34. The van der Waals surface area contributed by atoms with Gasteiger partial charge in [-0.1, -0.05) is 36.0 Å². The molecule has 2 aromatic heterocycles. The molecule has 1 atom stereocenters. The van der Waals surface area contributed by atoms with Crippen LogP contribution in [0.15, 0.2) is 70.6 Å². The zero-order valence-electron chi connectivity index (χ0n) is 17.1. The van der Waals surface area contributed by atoms with Gasteiger partial charge in [0.15, 0.2) is 5.16 Å². The number of imidazole rings is 1. The van der Waals surface area contributed by atoms with E-state index in [1.165, 1.54) is 23.1 Å². The molecule has 0 aliphatic carbocycles. The molecule has 7 nitrogen and oxygen atoms in total. The Labute approximate surface area is 188 Å². The van der Waals surface area contributed by atoms with E-state index in [0.29, 0.717) is 17.0 Å². The maximum absolute atomic E-state index is 12.8. The summed E-state index contributed by atoms with van der Waals surface area (Å²) in [6, 6.07) is 11.0. The molecule has 31 heavy (non-hydrogen) atoms. The van der Waals surface area contributed by atoms with E-state index in [-0.39, 0.29) is 12.6 Å². The number of aromatic nitrogens is 2. The van der Waals surface area contributed by atoms with Crippen LogP contribution in [0.5, 0.6) is 0 Å². The number of para-hydroxylation sites is 1. The van der Waals surface area contributed by atoms with Gasteiger partial charge in [-0.3, -0.25) is 4.57 Å². The number of thiophene rings is 1. The molecule has 0 radical (unpaired) electrons. The van der Waals surface area contributed by atoms with E-state index in [4.69, 9.17) is 4.74 Å². The number of rotatable bonds is 7. The minimum Gasteiger partial charge on any atom is -0.463 e. The summed E-state index contributed by atoms with van der Waals surface area (Å²) < 4.78 is 7.31. The summed E-state index contributed by atoms with van der Waals surface area (Å²) in [7, 11) is 0. The molecule has 1 unspecified atom stereocenters. The third-order valence-electron chi connectivity index (χ3n) is 4.80. The zero-order chi connectivity index (χ0) is 21.8. The van der Waals surface area contributed by atoms with Gasteiger partial charge in [0.05, 0.1) is 23.9 Å². The number of ether oxygens (including phenoxy) is 1. The summed E-state index contributed by atoms with van der Waals surface area (Å²) in [5.74, 6) is -0.0713. The summed E-state index contributed by atoms with van der Waals surface area (Å²) in [5.41, 5.74) is 3.12. The van der Waals surface area contributed by atoms with Crippen LogP contribution in [0.1, 0.15) is 23.4 Å². The van der Waals surface area contributed by atoms with Crippen LogP contribution in [0.4, 0.5) is 4.79 Å². The lowest BCUT2D eigenvalue weighted by Gasteiger charge is -2.28. The highest BCUT2D eigenvalue weighted by Gasteiger charge is 2.34. The lowest BCUT2D eigenvalue weighted by Crippen LogP contribution is -2.46. The van der Waals surface area contributed by atoms with Crippen LogP contribution >= 0.6 is 23.1 Å². The average Bonchev–Trinajstić information content (AvgIpc) is 3.44. The Kier molecular flexibility index (Phi) is 6.43. The zero-order valence-corrected chi connectivity index (χ0v) is 18.8. The van der Waals surface area contributed by atoms with Gasteiger partial charge in [-0.25, -0.2) is 14.6 Å². The van der Waals surface area contributed by atoms with E-state index in [9.17, 15) is 9.59 Å². The molecule has 0 fully saturated rings. The Morgan fingerprint density at radius 2 is 2.13 bits per heavy atom. The SMILES string of the molecule is CCOC(=O)C1=C(CSc2nccn2-c2ccccc2C)NC(=O)NC1c1cccs1. The summed E-state index contributed by atoms with van der Waals surface area (Å²) in [6.45, 7) is 4.07. The van der Waals surface area contributed by atoms with Crippen LogP contribution < -0.4 is 10.6 Å². The minimum atomic E-state index is -0.542. The predicted molar refractivity (Wildman–Crippen MR) is 121 cm³/mol. The molecule has 160 valence electrons. The van der Waals surface area contributed by atoms with E-state index in [1.807, 2.05) is 59.5 Å². The molecule has 0 saturated heterocycles. The summed E-state index contributed by atoms with van der Waals surface area (Å²) in [6.07, 6.45) is 3.64. The van der Waals surface area contributed by atoms with Crippen molar-refractivity contribution in [1.29, 1.82) is 0 Å². The fourth-order valence-corrected chi connectivity index (χ4v) is 5.12. The maximum Gasteiger partial charge on any atom is 0.338 e. The molecule has 1 aliphatic heterocycles. The molecule has 9 heteroatoms. The topological polar surface area (TPSA) is 85.2 Å². The third-order valence-corrected chi connectivity index (χ3v) is 6.73. The lowest BCUT2D eigenvalue weighted by molar-refractivity contribution is -0.139. The molecule has 2 amide bonds. The normalized spacial score (nSPS) is 16.1. The van der Waals surface area contributed by atoms with Gasteiger partial charge in [0, 0.05) is 28.7 Å². The second kappa shape index (κ2) is 9.40. The number of hydrogen-bond donors (Lipinski definition) is 2. The van der Waals surface area contributed by atoms with Crippen molar-refractivity contribution in [3.05, 3.63) is 75.9 Å². The molecule has 1 aliphatic rings. The van der Waals surface area contributed by atoms with Crippen molar-refractivity contribution < 1.29 is 14.3 Å². The Morgan fingerprint density at radius 1 is 1.29 bits per heavy atom. The first-order chi connectivity index (χ1) is 15.1. The van der Waals surface area contributed by atoms with Gasteiger partial charge in [-0.2, -0.15) is 0 Å². The fraction of sp³-hybridized carbons (Fsp3) is 0.227. The van der Waals surface area contributed by atoms with Gasteiger partial charge in [-0.05, 0) is 36.9 Å². The third kappa shape index (κ3) is 4.52. The number of hydrogen-bond acceptors (Lipinski definition) is 6. The highest BCUT2D eigenvalue weighted by Crippen LogP contribution is 2.33. The number of carbonyl (C=O) groups is 2. The molecular weight excluding hydrogens is 432 g/mol. The van der Waals surface area contributed by atoms with Gasteiger partial charge in [0.25, 0.3) is 0 Å². The molecule has 0 spiro atoms. The number of esters is 1. The largest absolute Gasteiger partial charge is 0.463 e. The monoisotopic (exact) mass is 454 g/mol. The van der Waals surface area contributed by atoms with E-state index in [1.54, 1.807) is 13.1 Å². The number of benzene rings is 1. The fourth-order valence-electron chi connectivity index (χ4n) is 3.40. The molecule has 2 N–H and O–H groups in total. The maximum atomic E-state index is 12.8. The number of urea groups is 1. The Morgan fingerprint density at radius 3 is 2.87 bits per heavy atom. The highest BCUT2D eigenvalue weighted by atomic mass is 32.2. The minimum absolute atomic E-state index is 0.256. The van der Waals surface area contributed by atoms with Crippen molar-refractivity contribution in [1.82, 2.24) is 20.2 Å². The summed E-state index contributed by atoms with van der Waals surface area (Å²) in [4.78, 5) is 30.5. The number of carbonyl (C=O) groups excluding carboxylic acids is 2. The van der Waals surface area contributed by atoms with Gasteiger partial charge >= 0.3 is 12.0 Å². The van der Waals surface area contributed by atoms with Crippen molar-refractivity contribution in [2.24, 2.45) is 0 Å². The van der Waals surface area contributed by atoms with Crippen LogP contribution in [-0.2, 0) is 9.53 Å². The first-order valence-corrected chi connectivity index (χ1v) is 11.7. The molecule has 4 rings (SSSR count). The molecule has 0 saturated carbocycles. The quantitative estimate of drug-likeness (QED) is 0.413. The number of amides is 2. The average molecular weight is 455 g/mol. The molecule has 3 aromatic rings. The van der Waals surface area contributed by atoms with Crippen molar-refractivity contribution in [2.45, 2.75) is 25.0 Å². The first kappa shape index (κ1) is 21.2. The smallest absolute Gasteiger partial charge is 0.338 e. The standard InChI is InChI=1S/C22H22N4O3S2/c1-3-29-20(27)18-15(24-21(28)25-19(18)17-9-6-12-30-17)13-31-22-23-10-11-26(22)16-8-5-4-7-14(16)2/h4-12,19H,3,13H2,1-2H3,(H2,24,25,28). The highest BCUT2D eigenvalue weighted by molar-refractivity contribution is 7.99. The molecular formula is C22H22N4O3S2. The number of nitrogens with zero attached hydrogens (tertiary/aromatic N) is 2. The second-order valence-corrected chi connectivity index (χ2v) is 8.74. The van der Waals surface area contributed by atoms with Crippen LogP contribution in [0, 0.1) is 6.92 Å². The van der Waals surface area contributed by atoms with Crippen molar-refractivity contribution in [3.63, 3.8) is 0 Å².